The molecule has 0 saturated carbocycles. The lowest BCUT2D eigenvalue weighted by molar-refractivity contribution is 0.0826. The molecule has 0 unspecified atom stereocenters. The molecule has 1 aromatic heterocycles. The number of halogens is 2. The number of carbonyl (C=O) groups is 2. The van der Waals surface area contributed by atoms with Crippen LogP contribution in [0.5, 0.6) is 0 Å². The fraction of sp³-hybridized carbons (Fsp3) is 0.346. The lowest BCUT2D eigenvalue weighted by atomic mass is 9.96. The van der Waals surface area contributed by atoms with Gasteiger partial charge < -0.3 is 14.7 Å². The van der Waals surface area contributed by atoms with E-state index < -0.39 is 17.5 Å². The Kier molecular flexibility index (Phi) is 7.55. The summed E-state index contributed by atoms with van der Waals surface area (Å²) >= 11 is 0. The van der Waals surface area contributed by atoms with Gasteiger partial charge in [-0.3, -0.25) is 14.5 Å². The highest BCUT2D eigenvalue weighted by Crippen LogP contribution is 2.24. The molecule has 2 aromatic carbocycles. The van der Waals surface area contributed by atoms with Crippen LogP contribution in [0.4, 0.5) is 8.78 Å². The average molecular weight is 483 g/mol. The Hall–Kier alpha value is -3.59. The zero-order valence-corrected chi connectivity index (χ0v) is 19.8. The molecule has 3 aromatic rings. The van der Waals surface area contributed by atoms with E-state index in [0.29, 0.717) is 18.0 Å². The van der Waals surface area contributed by atoms with Crippen molar-refractivity contribution in [2.75, 3.05) is 33.7 Å². The van der Waals surface area contributed by atoms with Gasteiger partial charge in [0.05, 0.1) is 5.56 Å². The zero-order chi connectivity index (χ0) is 24.9. The van der Waals surface area contributed by atoms with Crippen LogP contribution in [0.25, 0.3) is 11.3 Å². The quantitative estimate of drug-likeness (QED) is 0.552. The maximum absolute atomic E-state index is 13.9. The maximum Gasteiger partial charge on any atom is 0.273 e. The van der Waals surface area contributed by atoms with Crippen LogP contribution >= 0.6 is 0 Å². The van der Waals surface area contributed by atoms with Gasteiger partial charge in [-0.15, -0.1) is 0 Å². The van der Waals surface area contributed by atoms with Gasteiger partial charge in [0.15, 0.2) is 11.5 Å². The predicted octanol–water partition coefficient (Wildman–Crippen LogP) is 3.96. The Balaban J connectivity index is 1.25. The van der Waals surface area contributed by atoms with Crippen LogP contribution in [0, 0.1) is 17.6 Å². The third-order valence-electron chi connectivity index (χ3n) is 6.18. The van der Waals surface area contributed by atoms with Crippen LogP contribution < -0.4 is 5.32 Å². The van der Waals surface area contributed by atoms with Crippen molar-refractivity contribution in [3.8, 4) is 11.3 Å². The lowest BCUT2D eigenvalue weighted by Gasteiger charge is -2.32. The van der Waals surface area contributed by atoms with Gasteiger partial charge in [-0.05, 0) is 61.7 Å². The van der Waals surface area contributed by atoms with Crippen LogP contribution in [0.1, 0.15) is 39.3 Å². The van der Waals surface area contributed by atoms with Gasteiger partial charge in [0, 0.05) is 44.9 Å². The normalized spacial score (nSPS) is 14.6. The summed E-state index contributed by atoms with van der Waals surface area (Å²) in [7, 11) is 3.48. The van der Waals surface area contributed by atoms with E-state index in [2.05, 4.69) is 15.4 Å². The summed E-state index contributed by atoms with van der Waals surface area (Å²) in [6.07, 6.45) is 1.86. The van der Waals surface area contributed by atoms with E-state index in [0.717, 1.165) is 50.2 Å². The second-order valence-electron chi connectivity index (χ2n) is 9.03. The number of likely N-dealkylation sites (tertiary alicyclic amines) is 1. The number of amides is 2. The molecule has 0 bridgehead atoms. The molecule has 0 radical (unpaired) electrons. The average Bonchev–Trinajstić information content (AvgIpc) is 3.33. The molecule has 0 spiro atoms. The maximum atomic E-state index is 13.9. The van der Waals surface area contributed by atoms with Crippen LogP contribution in [0.15, 0.2) is 53.1 Å². The SMILES string of the molecule is CN(C)C(=O)c1cccc(CN2CCC(CNC(=O)c3cc(-c4ccc(F)cc4F)on3)CC2)c1. The smallest absolute Gasteiger partial charge is 0.273 e. The first kappa shape index (κ1) is 24.5. The van der Waals surface area contributed by atoms with Crippen molar-refractivity contribution < 1.29 is 22.9 Å². The van der Waals surface area contributed by atoms with Gasteiger partial charge in [0.25, 0.3) is 11.8 Å². The number of hydrogen-bond acceptors (Lipinski definition) is 5. The van der Waals surface area contributed by atoms with E-state index in [4.69, 9.17) is 4.52 Å². The van der Waals surface area contributed by atoms with E-state index in [1.54, 1.807) is 19.0 Å². The first-order valence-corrected chi connectivity index (χ1v) is 11.5. The fourth-order valence-corrected chi connectivity index (χ4v) is 4.19. The van der Waals surface area contributed by atoms with Crippen molar-refractivity contribution >= 4 is 11.8 Å². The summed E-state index contributed by atoms with van der Waals surface area (Å²) < 4.78 is 32.1. The number of benzene rings is 2. The van der Waals surface area contributed by atoms with Crippen LogP contribution in [0.3, 0.4) is 0 Å². The van der Waals surface area contributed by atoms with Gasteiger partial charge in [0.1, 0.15) is 11.6 Å². The number of piperidine rings is 1. The first-order valence-electron chi connectivity index (χ1n) is 11.5. The number of aromatic nitrogens is 1. The van der Waals surface area contributed by atoms with E-state index in [9.17, 15) is 18.4 Å². The van der Waals surface area contributed by atoms with Crippen LogP contribution in [-0.2, 0) is 6.54 Å². The third kappa shape index (κ3) is 6.10. The van der Waals surface area contributed by atoms with Crippen molar-refractivity contribution in [2.24, 2.45) is 5.92 Å². The van der Waals surface area contributed by atoms with E-state index in [1.807, 2.05) is 24.3 Å². The fourth-order valence-electron chi connectivity index (χ4n) is 4.19. The second kappa shape index (κ2) is 10.8. The summed E-state index contributed by atoms with van der Waals surface area (Å²) in [5, 5.41) is 6.60. The molecule has 1 aliphatic heterocycles. The Morgan fingerprint density at radius 3 is 2.60 bits per heavy atom. The van der Waals surface area contributed by atoms with Crippen molar-refractivity contribution in [2.45, 2.75) is 19.4 Å². The van der Waals surface area contributed by atoms with Gasteiger partial charge >= 0.3 is 0 Å². The van der Waals surface area contributed by atoms with Gasteiger partial charge in [0.2, 0.25) is 0 Å². The van der Waals surface area contributed by atoms with Crippen LogP contribution in [-0.4, -0.2) is 60.5 Å². The highest BCUT2D eigenvalue weighted by Gasteiger charge is 2.22. The standard InChI is InChI=1S/C26H28F2N4O3/c1-31(2)26(34)19-5-3-4-18(12-19)16-32-10-8-17(9-11-32)15-29-25(33)23-14-24(35-30-23)21-7-6-20(27)13-22(21)28/h3-7,12-14,17H,8-11,15-16H2,1-2H3,(H,29,33). The molecule has 0 aliphatic carbocycles. The molecule has 7 nitrogen and oxygen atoms in total. The van der Waals surface area contributed by atoms with E-state index in [-0.39, 0.29) is 22.9 Å². The highest BCUT2D eigenvalue weighted by molar-refractivity contribution is 5.94. The number of carbonyl (C=O) groups excluding carboxylic acids is 2. The number of nitrogens with zero attached hydrogens (tertiary/aromatic N) is 3. The lowest BCUT2D eigenvalue weighted by Crippen LogP contribution is -2.38. The molecule has 1 saturated heterocycles. The molecule has 184 valence electrons. The molecular formula is C26H28F2N4O3. The Labute approximate surface area is 202 Å². The number of nitrogens with one attached hydrogen (secondary N) is 1. The molecule has 2 heterocycles. The third-order valence-corrected chi connectivity index (χ3v) is 6.18. The minimum absolute atomic E-state index is 0.0108. The summed E-state index contributed by atoms with van der Waals surface area (Å²) in [5.41, 5.74) is 1.88. The minimum Gasteiger partial charge on any atom is -0.355 e. The van der Waals surface area contributed by atoms with Crippen molar-refractivity contribution in [3.05, 3.63) is 77.0 Å². The van der Waals surface area contributed by atoms with Crippen molar-refractivity contribution in [3.63, 3.8) is 0 Å². The molecule has 1 aliphatic rings. The zero-order valence-electron chi connectivity index (χ0n) is 19.8. The van der Waals surface area contributed by atoms with Gasteiger partial charge in [-0.1, -0.05) is 17.3 Å². The van der Waals surface area contributed by atoms with E-state index in [1.165, 1.54) is 12.1 Å². The largest absolute Gasteiger partial charge is 0.355 e. The molecule has 1 fully saturated rings. The van der Waals surface area contributed by atoms with Crippen molar-refractivity contribution in [1.29, 1.82) is 0 Å². The second-order valence-corrected chi connectivity index (χ2v) is 9.03. The monoisotopic (exact) mass is 482 g/mol. The number of rotatable bonds is 7. The topological polar surface area (TPSA) is 78.7 Å². The van der Waals surface area contributed by atoms with Crippen LogP contribution in [0.2, 0.25) is 0 Å². The Bertz CT molecular complexity index is 1200. The van der Waals surface area contributed by atoms with Gasteiger partial charge in [-0.2, -0.15) is 0 Å². The molecule has 9 heteroatoms. The minimum atomic E-state index is -0.782. The molecular weight excluding hydrogens is 454 g/mol. The first-order chi connectivity index (χ1) is 16.8. The predicted molar refractivity (Wildman–Crippen MR) is 127 cm³/mol. The molecule has 1 N–H and O–H groups in total. The summed E-state index contributed by atoms with van der Waals surface area (Å²) in [4.78, 5) is 28.6. The summed E-state index contributed by atoms with van der Waals surface area (Å²) in [6.45, 7) is 3.07. The molecule has 0 atom stereocenters. The summed E-state index contributed by atoms with van der Waals surface area (Å²) in [5.74, 6) is -1.48. The number of hydrogen-bond donors (Lipinski definition) is 1. The van der Waals surface area contributed by atoms with Crippen molar-refractivity contribution in [1.82, 2.24) is 20.3 Å². The Morgan fingerprint density at radius 2 is 1.89 bits per heavy atom. The highest BCUT2D eigenvalue weighted by atomic mass is 19.1. The van der Waals surface area contributed by atoms with Gasteiger partial charge in [-0.25, -0.2) is 8.78 Å². The van der Waals surface area contributed by atoms with E-state index >= 15 is 0 Å². The Morgan fingerprint density at radius 1 is 1.11 bits per heavy atom. The molecule has 2 amide bonds. The molecule has 35 heavy (non-hydrogen) atoms. The summed E-state index contributed by atoms with van der Waals surface area (Å²) in [6, 6.07) is 12.2. The molecule has 4 rings (SSSR count).